The van der Waals surface area contributed by atoms with Gasteiger partial charge in [-0.25, -0.2) is 8.42 Å². The molecule has 0 unspecified atom stereocenters. The number of sulfonamides is 1. The summed E-state index contributed by atoms with van der Waals surface area (Å²) in [4.78, 5) is 0. The first kappa shape index (κ1) is 12.5. The molecule has 0 amide bonds. The molecule has 0 spiro atoms. The standard InChI is InChI=1S/C10H16N2O4S/c1-8-5-9(11-16-8)7-17(14,15)12-4-2-3-10(12)6-13/h5,10,13H,2-4,6-7H2,1H3/t10-/m1/s1. The Morgan fingerprint density at radius 3 is 3.00 bits per heavy atom. The van der Waals surface area contributed by atoms with Gasteiger partial charge in [-0.05, 0) is 19.8 Å². The van der Waals surface area contributed by atoms with Crippen LogP contribution in [0.5, 0.6) is 0 Å². The Kier molecular flexibility index (Phi) is 3.50. The highest BCUT2D eigenvalue weighted by Crippen LogP contribution is 2.22. The van der Waals surface area contributed by atoms with Crippen LogP contribution < -0.4 is 0 Å². The first-order chi connectivity index (χ1) is 8.03. The van der Waals surface area contributed by atoms with Gasteiger partial charge in [-0.2, -0.15) is 4.31 Å². The summed E-state index contributed by atoms with van der Waals surface area (Å²) in [6, 6.07) is 1.33. The Hall–Kier alpha value is -0.920. The predicted octanol–water partition coefficient (Wildman–Crippen LogP) is 0.270. The maximum absolute atomic E-state index is 12.1. The molecule has 0 saturated carbocycles. The van der Waals surface area contributed by atoms with Gasteiger partial charge in [0, 0.05) is 18.7 Å². The molecule has 6 nitrogen and oxygen atoms in total. The Bertz CT molecular complexity index is 482. The lowest BCUT2D eigenvalue weighted by atomic mass is 10.2. The van der Waals surface area contributed by atoms with E-state index in [0.717, 1.165) is 6.42 Å². The highest BCUT2D eigenvalue weighted by atomic mass is 32.2. The van der Waals surface area contributed by atoms with Gasteiger partial charge < -0.3 is 9.63 Å². The summed E-state index contributed by atoms with van der Waals surface area (Å²) in [5.41, 5.74) is 0.408. The van der Waals surface area contributed by atoms with Gasteiger partial charge >= 0.3 is 0 Å². The summed E-state index contributed by atoms with van der Waals surface area (Å²) < 4.78 is 30.4. The molecule has 1 fully saturated rings. The molecule has 1 aliphatic heterocycles. The summed E-state index contributed by atoms with van der Waals surface area (Å²) >= 11 is 0. The lowest BCUT2D eigenvalue weighted by Crippen LogP contribution is -2.38. The van der Waals surface area contributed by atoms with E-state index < -0.39 is 10.0 Å². The number of hydrogen-bond acceptors (Lipinski definition) is 5. The highest BCUT2D eigenvalue weighted by Gasteiger charge is 2.34. The van der Waals surface area contributed by atoms with Gasteiger partial charge in [-0.3, -0.25) is 0 Å². The highest BCUT2D eigenvalue weighted by molar-refractivity contribution is 7.88. The van der Waals surface area contributed by atoms with Crippen molar-refractivity contribution in [3.8, 4) is 0 Å². The summed E-state index contributed by atoms with van der Waals surface area (Å²) in [5.74, 6) is 0.427. The van der Waals surface area contributed by atoms with Gasteiger partial charge in [0.2, 0.25) is 10.0 Å². The van der Waals surface area contributed by atoms with E-state index in [0.29, 0.717) is 24.4 Å². The largest absolute Gasteiger partial charge is 0.395 e. The Morgan fingerprint density at radius 1 is 1.65 bits per heavy atom. The van der Waals surface area contributed by atoms with Crippen molar-refractivity contribution in [1.82, 2.24) is 9.46 Å². The van der Waals surface area contributed by atoms with Crippen LogP contribution in [0.2, 0.25) is 0 Å². The van der Waals surface area contributed by atoms with Crippen LogP contribution in [0.1, 0.15) is 24.3 Å². The average molecular weight is 260 g/mol. The van der Waals surface area contributed by atoms with E-state index in [1.54, 1.807) is 13.0 Å². The minimum Gasteiger partial charge on any atom is -0.395 e. The van der Waals surface area contributed by atoms with Gasteiger partial charge in [-0.15, -0.1) is 0 Å². The fourth-order valence-corrected chi connectivity index (χ4v) is 3.82. The molecule has 1 aromatic rings. The second kappa shape index (κ2) is 4.75. The van der Waals surface area contributed by atoms with Crippen molar-refractivity contribution in [2.45, 2.75) is 31.6 Å². The van der Waals surface area contributed by atoms with Crippen LogP contribution in [-0.2, 0) is 15.8 Å². The fraction of sp³-hybridized carbons (Fsp3) is 0.700. The summed E-state index contributed by atoms with van der Waals surface area (Å²) in [7, 11) is -3.41. The zero-order valence-electron chi connectivity index (χ0n) is 9.66. The van der Waals surface area contributed by atoms with Crippen LogP contribution in [0.3, 0.4) is 0 Å². The van der Waals surface area contributed by atoms with Crippen LogP contribution in [-0.4, -0.2) is 42.2 Å². The normalized spacial score (nSPS) is 22.1. The van der Waals surface area contributed by atoms with Crippen LogP contribution in [0.25, 0.3) is 0 Å². The van der Waals surface area contributed by atoms with Crippen molar-refractivity contribution in [3.05, 3.63) is 17.5 Å². The van der Waals surface area contributed by atoms with Gasteiger partial charge in [-0.1, -0.05) is 5.16 Å². The molecule has 1 aromatic heterocycles. The topological polar surface area (TPSA) is 83.6 Å². The first-order valence-electron chi connectivity index (χ1n) is 5.55. The van der Waals surface area contributed by atoms with Crippen molar-refractivity contribution >= 4 is 10.0 Å². The number of nitrogens with zero attached hydrogens (tertiary/aromatic N) is 2. The lowest BCUT2D eigenvalue weighted by molar-refractivity contribution is 0.213. The van der Waals surface area contributed by atoms with Crippen molar-refractivity contribution in [2.75, 3.05) is 13.2 Å². The van der Waals surface area contributed by atoms with Crippen LogP contribution in [0.4, 0.5) is 0 Å². The van der Waals surface area contributed by atoms with Crippen molar-refractivity contribution < 1.29 is 18.0 Å². The maximum atomic E-state index is 12.1. The molecule has 0 aliphatic carbocycles. The monoisotopic (exact) mass is 260 g/mol. The number of aliphatic hydroxyl groups excluding tert-OH is 1. The molecule has 0 aromatic carbocycles. The number of aliphatic hydroxyl groups is 1. The van der Waals surface area contributed by atoms with E-state index in [9.17, 15) is 8.42 Å². The van der Waals surface area contributed by atoms with E-state index in [2.05, 4.69) is 5.16 Å². The minimum absolute atomic E-state index is 0.128. The van der Waals surface area contributed by atoms with E-state index in [1.165, 1.54) is 4.31 Å². The predicted molar refractivity (Wildman–Crippen MR) is 60.7 cm³/mol. The maximum Gasteiger partial charge on any atom is 0.220 e. The molecule has 0 bridgehead atoms. The molecule has 96 valence electrons. The number of aryl methyl sites for hydroxylation is 1. The summed E-state index contributed by atoms with van der Waals surface area (Å²) in [5, 5.41) is 12.8. The number of aromatic nitrogens is 1. The van der Waals surface area contributed by atoms with Gasteiger partial charge in [0.25, 0.3) is 0 Å². The third kappa shape index (κ3) is 2.67. The van der Waals surface area contributed by atoms with Gasteiger partial charge in [0.15, 0.2) is 0 Å². The lowest BCUT2D eigenvalue weighted by Gasteiger charge is -2.21. The molecule has 2 heterocycles. The first-order valence-corrected chi connectivity index (χ1v) is 7.16. The molecular weight excluding hydrogens is 244 g/mol. The van der Waals surface area contributed by atoms with Gasteiger partial charge in [0.05, 0.1) is 6.61 Å². The Balaban J connectivity index is 2.13. The Labute approximate surface area is 100 Å². The molecule has 17 heavy (non-hydrogen) atoms. The Morgan fingerprint density at radius 2 is 2.41 bits per heavy atom. The fourth-order valence-electron chi connectivity index (χ4n) is 2.11. The van der Waals surface area contributed by atoms with Crippen LogP contribution in [0, 0.1) is 6.92 Å². The van der Waals surface area contributed by atoms with Crippen molar-refractivity contribution in [1.29, 1.82) is 0 Å². The molecule has 7 heteroatoms. The molecule has 1 saturated heterocycles. The van der Waals surface area contributed by atoms with E-state index >= 15 is 0 Å². The van der Waals surface area contributed by atoms with E-state index in [1.807, 2.05) is 0 Å². The van der Waals surface area contributed by atoms with Crippen molar-refractivity contribution in [3.63, 3.8) is 0 Å². The smallest absolute Gasteiger partial charge is 0.220 e. The van der Waals surface area contributed by atoms with E-state index in [4.69, 9.17) is 9.63 Å². The molecule has 2 rings (SSSR count). The summed E-state index contributed by atoms with van der Waals surface area (Å²) in [6.45, 7) is 2.07. The minimum atomic E-state index is -3.41. The quantitative estimate of drug-likeness (QED) is 0.840. The van der Waals surface area contributed by atoms with Crippen molar-refractivity contribution in [2.24, 2.45) is 0 Å². The molecule has 1 aliphatic rings. The van der Waals surface area contributed by atoms with E-state index in [-0.39, 0.29) is 18.4 Å². The van der Waals surface area contributed by atoms with Crippen LogP contribution in [0.15, 0.2) is 10.6 Å². The van der Waals surface area contributed by atoms with Crippen LogP contribution >= 0.6 is 0 Å². The van der Waals surface area contributed by atoms with Gasteiger partial charge in [0.1, 0.15) is 17.2 Å². The number of hydrogen-bond donors (Lipinski definition) is 1. The second-order valence-electron chi connectivity index (χ2n) is 4.27. The molecule has 1 atom stereocenters. The third-order valence-electron chi connectivity index (χ3n) is 2.90. The molecular formula is C10H16N2O4S. The second-order valence-corrected chi connectivity index (χ2v) is 6.20. The molecule has 0 radical (unpaired) electrons. The zero-order chi connectivity index (χ0) is 12.5. The average Bonchev–Trinajstić information content (AvgIpc) is 2.86. The summed E-state index contributed by atoms with van der Waals surface area (Å²) in [6.07, 6.45) is 1.51. The zero-order valence-corrected chi connectivity index (χ0v) is 10.5. The molecule has 1 N–H and O–H groups in total. The number of rotatable bonds is 4. The SMILES string of the molecule is Cc1cc(CS(=O)(=O)N2CCC[C@@H]2CO)no1. The third-order valence-corrected chi connectivity index (χ3v) is 4.75.